The zero-order valence-corrected chi connectivity index (χ0v) is 10.5. The van der Waals surface area contributed by atoms with E-state index in [0.717, 1.165) is 43.0 Å². The molecular formula is C12H17N3OS. The fourth-order valence-electron chi connectivity index (χ4n) is 2.62. The Morgan fingerprint density at radius 1 is 1.59 bits per heavy atom. The van der Waals surface area contributed by atoms with Gasteiger partial charge in [0.15, 0.2) is 4.96 Å². The van der Waals surface area contributed by atoms with Crippen molar-refractivity contribution in [2.45, 2.75) is 19.3 Å². The van der Waals surface area contributed by atoms with Crippen LogP contribution in [0.2, 0.25) is 0 Å². The van der Waals surface area contributed by atoms with Crippen LogP contribution in [0.15, 0.2) is 17.8 Å². The number of nitrogens with one attached hydrogen (secondary N) is 1. The summed E-state index contributed by atoms with van der Waals surface area (Å²) in [7, 11) is 0. The number of imidazole rings is 1. The lowest BCUT2D eigenvalue weighted by Crippen LogP contribution is -2.44. The maximum atomic E-state index is 9.66. The molecule has 2 aromatic rings. The summed E-state index contributed by atoms with van der Waals surface area (Å²) >= 11 is 1.65. The van der Waals surface area contributed by atoms with Gasteiger partial charge in [0.1, 0.15) is 0 Å². The molecule has 1 aliphatic rings. The summed E-state index contributed by atoms with van der Waals surface area (Å²) in [6, 6.07) is 0. The van der Waals surface area contributed by atoms with Crippen LogP contribution in [0.1, 0.15) is 18.5 Å². The Morgan fingerprint density at radius 2 is 2.53 bits per heavy atom. The minimum atomic E-state index is -0.0116. The highest BCUT2D eigenvalue weighted by Gasteiger charge is 2.32. The number of aromatic nitrogens is 2. The van der Waals surface area contributed by atoms with Crippen LogP contribution in [-0.4, -0.2) is 34.2 Å². The average molecular weight is 251 g/mol. The second-order valence-electron chi connectivity index (χ2n) is 4.94. The largest absolute Gasteiger partial charge is 0.396 e. The Kier molecular flexibility index (Phi) is 2.90. The van der Waals surface area contributed by atoms with Crippen molar-refractivity contribution in [2.75, 3.05) is 19.7 Å². The predicted octanol–water partition coefficient (Wildman–Crippen LogP) is 1.30. The zero-order valence-electron chi connectivity index (χ0n) is 9.72. The minimum absolute atomic E-state index is 0.0116. The summed E-state index contributed by atoms with van der Waals surface area (Å²) in [6.07, 6.45) is 7.20. The van der Waals surface area contributed by atoms with Crippen LogP contribution in [-0.2, 0) is 6.42 Å². The molecule has 92 valence electrons. The van der Waals surface area contributed by atoms with Gasteiger partial charge >= 0.3 is 0 Å². The first-order valence-electron chi connectivity index (χ1n) is 6.04. The van der Waals surface area contributed by atoms with Crippen molar-refractivity contribution in [3.8, 4) is 0 Å². The number of hydrogen-bond acceptors (Lipinski definition) is 4. The van der Waals surface area contributed by atoms with Crippen molar-refractivity contribution in [3.63, 3.8) is 0 Å². The molecule has 0 saturated carbocycles. The maximum absolute atomic E-state index is 9.66. The SMILES string of the molecule is OCC1(Cc2cn3ccsc3n2)CCCNC1. The molecule has 0 bridgehead atoms. The van der Waals surface area contributed by atoms with Crippen LogP contribution in [0.25, 0.3) is 4.96 Å². The van der Waals surface area contributed by atoms with E-state index < -0.39 is 0 Å². The molecule has 0 spiro atoms. The van der Waals surface area contributed by atoms with Gasteiger partial charge in [-0.3, -0.25) is 4.40 Å². The summed E-state index contributed by atoms with van der Waals surface area (Å²) < 4.78 is 2.06. The molecule has 0 amide bonds. The van der Waals surface area contributed by atoms with Crippen LogP contribution in [0.3, 0.4) is 0 Å². The van der Waals surface area contributed by atoms with E-state index >= 15 is 0 Å². The normalized spacial score (nSPS) is 25.5. The fraction of sp³-hybridized carbons (Fsp3) is 0.583. The van der Waals surface area contributed by atoms with Crippen LogP contribution < -0.4 is 5.32 Å². The number of fused-ring (bicyclic) bond motifs is 1. The Morgan fingerprint density at radius 3 is 3.24 bits per heavy atom. The quantitative estimate of drug-likeness (QED) is 0.864. The first kappa shape index (κ1) is 11.2. The minimum Gasteiger partial charge on any atom is -0.396 e. The number of rotatable bonds is 3. The topological polar surface area (TPSA) is 49.6 Å². The van der Waals surface area contributed by atoms with Gasteiger partial charge in [-0.15, -0.1) is 11.3 Å². The Balaban J connectivity index is 1.82. The molecule has 0 radical (unpaired) electrons. The Bertz CT molecular complexity index is 470. The first-order valence-corrected chi connectivity index (χ1v) is 6.92. The van der Waals surface area contributed by atoms with E-state index in [-0.39, 0.29) is 12.0 Å². The van der Waals surface area contributed by atoms with Crippen LogP contribution in [0, 0.1) is 5.41 Å². The molecule has 2 aromatic heterocycles. The van der Waals surface area contributed by atoms with Crippen LogP contribution in [0.4, 0.5) is 0 Å². The van der Waals surface area contributed by atoms with E-state index in [2.05, 4.69) is 20.9 Å². The van der Waals surface area contributed by atoms with Gasteiger partial charge in [-0.2, -0.15) is 0 Å². The van der Waals surface area contributed by atoms with E-state index in [4.69, 9.17) is 0 Å². The van der Waals surface area contributed by atoms with Gasteiger partial charge in [0.2, 0.25) is 0 Å². The standard InChI is InChI=1S/C12H17N3OS/c16-9-12(2-1-3-13-8-12)6-10-7-15-4-5-17-11(15)14-10/h4-5,7,13,16H,1-3,6,8-9H2. The third-order valence-corrected chi connectivity index (χ3v) is 4.37. The van der Waals surface area contributed by atoms with E-state index in [1.807, 2.05) is 11.6 Å². The lowest BCUT2D eigenvalue weighted by atomic mass is 9.78. The Hall–Kier alpha value is -0.910. The average Bonchev–Trinajstić information content (AvgIpc) is 2.91. The highest BCUT2D eigenvalue weighted by Crippen LogP contribution is 2.30. The monoisotopic (exact) mass is 251 g/mol. The molecule has 1 fully saturated rings. The summed E-state index contributed by atoms with van der Waals surface area (Å²) in [4.78, 5) is 5.64. The summed E-state index contributed by atoms with van der Waals surface area (Å²) in [5.41, 5.74) is 1.08. The molecule has 3 rings (SSSR count). The molecule has 1 saturated heterocycles. The van der Waals surface area contributed by atoms with Gasteiger partial charge < -0.3 is 10.4 Å². The molecule has 5 heteroatoms. The van der Waals surface area contributed by atoms with E-state index in [1.165, 1.54) is 0 Å². The van der Waals surface area contributed by atoms with E-state index in [9.17, 15) is 5.11 Å². The molecule has 1 unspecified atom stereocenters. The summed E-state index contributed by atoms with van der Waals surface area (Å²) in [5.74, 6) is 0. The van der Waals surface area contributed by atoms with Crippen LogP contribution in [0.5, 0.6) is 0 Å². The molecule has 1 aliphatic heterocycles. The molecule has 0 aromatic carbocycles. The van der Waals surface area contributed by atoms with Crippen molar-refractivity contribution in [1.82, 2.24) is 14.7 Å². The van der Waals surface area contributed by atoms with Gasteiger partial charge in [0.05, 0.1) is 12.3 Å². The van der Waals surface area contributed by atoms with Crippen molar-refractivity contribution in [3.05, 3.63) is 23.5 Å². The highest BCUT2D eigenvalue weighted by molar-refractivity contribution is 7.15. The fourth-order valence-corrected chi connectivity index (χ4v) is 3.34. The number of thiazole rings is 1. The lowest BCUT2D eigenvalue weighted by Gasteiger charge is -2.35. The van der Waals surface area contributed by atoms with Crippen molar-refractivity contribution in [2.24, 2.45) is 5.41 Å². The molecule has 1 atom stereocenters. The van der Waals surface area contributed by atoms with E-state index in [1.54, 1.807) is 11.3 Å². The van der Waals surface area contributed by atoms with E-state index in [0.29, 0.717) is 0 Å². The molecular weight excluding hydrogens is 234 g/mol. The van der Waals surface area contributed by atoms with Crippen LogP contribution >= 0.6 is 11.3 Å². The summed E-state index contributed by atoms with van der Waals surface area (Å²) in [6.45, 7) is 2.21. The maximum Gasteiger partial charge on any atom is 0.193 e. The molecule has 17 heavy (non-hydrogen) atoms. The summed E-state index contributed by atoms with van der Waals surface area (Å²) in [5, 5.41) is 15.1. The highest BCUT2D eigenvalue weighted by atomic mass is 32.1. The molecule has 3 heterocycles. The number of piperidine rings is 1. The third kappa shape index (κ3) is 2.10. The first-order chi connectivity index (χ1) is 8.31. The van der Waals surface area contributed by atoms with Gasteiger partial charge in [-0.1, -0.05) is 0 Å². The Labute approximate surface area is 104 Å². The smallest absolute Gasteiger partial charge is 0.193 e. The van der Waals surface area contributed by atoms with Gasteiger partial charge in [0.25, 0.3) is 0 Å². The second-order valence-corrected chi connectivity index (χ2v) is 5.81. The molecule has 0 aliphatic carbocycles. The van der Waals surface area contributed by atoms with Gasteiger partial charge in [0, 0.05) is 36.2 Å². The van der Waals surface area contributed by atoms with Gasteiger partial charge in [-0.25, -0.2) is 4.98 Å². The predicted molar refractivity (Wildman–Crippen MR) is 68.4 cm³/mol. The number of hydrogen-bond donors (Lipinski definition) is 2. The van der Waals surface area contributed by atoms with Crippen molar-refractivity contribution < 1.29 is 5.11 Å². The van der Waals surface area contributed by atoms with Gasteiger partial charge in [-0.05, 0) is 19.4 Å². The third-order valence-electron chi connectivity index (χ3n) is 3.60. The second kappa shape index (κ2) is 4.40. The van der Waals surface area contributed by atoms with Crippen molar-refractivity contribution >= 4 is 16.3 Å². The molecule has 2 N–H and O–H groups in total. The zero-order chi connectivity index (χ0) is 11.7. The lowest BCUT2D eigenvalue weighted by molar-refractivity contribution is 0.0939. The number of aliphatic hydroxyl groups excluding tert-OH is 1. The molecule has 4 nitrogen and oxygen atoms in total. The van der Waals surface area contributed by atoms with Crippen molar-refractivity contribution in [1.29, 1.82) is 0 Å². The number of nitrogens with zero attached hydrogens (tertiary/aromatic N) is 2. The number of aliphatic hydroxyl groups is 1.